The smallest absolute Gasteiger partial charge is 0.322 e. The van der Waals surface area contributed by atoms with Crippen molar-refractivity contribution in [1.82, 2.24) is 19.7 Å². The van der Waals surface area contributed by atoms with E-state index in [0.29, 0.717) is 29.8 Å². The molecule has 154 valence electrons. The van der Waals surface area contributed by atoms with E-state index >= 15 is 0 Å². The molecule has 0 aromatic carbocycles. The van der Waals surface area contributed by atoms with Crippen LogP contribution in [0.1, 0.15) is 33.4 Å². The van der Waals surface area contributed by atoms with E-state index in [9.17, 15) is 4.79 Å². The third-order valence-corrected chi connectivity index (χ3v) is 5.96. The summed E-state index contributed by atoms with van der Waals surface area (Å²) in [6.45, 7) is 13.3. The van der Waals surface area contributed by atoms with E-state index in [4.69, 9.17) is 16.3 Å². The lowest BCUT2D eigenvalue weighted by atomic mass is 10.0. The molecule has 2 aromatic rings. The Kier molecular flexibility index (Phi) is 4.69. The predicted molar refractivity (Wildman–Crippen MR) is 112 cm³/mol. The quantitative estimate of drug-likeness (QED) is 0.752. The second kappa shape index (κ2) is 6.95. The molecule has 4 heterocycles. The van der Waals surface area contributed by atoms with Crippen LogP contribution in [0, 0.1) is 0 Å². The van der Waals surface area contributed by atoms with E-state index in [1.165, 1.54) is 0 Å². The minimum atomic E-state index is -0.356. The first-order valence-corrected chi connectivity index (χ1v) is 9.96. The first kappa shape index (κ1) is 19.6. The first-order valence-electron chi connectivity index (χ1n) is 9.58. The normalized spacial score (nSPS) is 23.0. The van der Waals surface area contributed by atoms with E-state index in [2.05, 4.69) is 33.8 Å². The van der Waals surface area contributed by atoms with E-state index in [1.54, 1.807) is 23.2 Å². The number of pyridine rings is 1. The standard InChI is InChI=1S/C20H25ClN6O2/c1-12-10-26-17(11-25(12)19(28)24-15-6-7-22-18(21)8-15)16(9-23-26)27-13(2)20(4,5)29-14(27)3/h6-9,12-13H,3,10-11H2,1-2,4-5H3,(H,22,24,28)/t12-,13-/m0/s1. The molecule has 9 heteroatoms. The molecule has 2 aliphatic rings. The maximum Gasteiger partial charge on any atom is 0.322 e. The zero-order valence-corrected chi connectivity index (χ0v) is 17.8. The van der Waals surface area contributed by atoms with Gasteiger partial charge < -0.3 is 19.9 Å². The molecule has 0 radical (unpaired) electrons. The van der Waals surface area contributed by atoms with Crippen LogP contribution < -0.4 is 10.2 Å². The number of rotatable bonds is 2. The summed E-state index contributed by atoms with van der Waals surface area (Å²) in [6, 6.07) is 3.22. The third kappa shape index (κ3) is 3.42. The van der Waals surface area contributed by atoms with Gasteiger partial charge in [0.05, 0.1) is 42.8 Å². The molecular weight excluding hydrogens is 392 g/mol. The number of carbonyl (C=O) groups excluding carboxylic acids is 1. The predicted octanol–water partition coefficient (Wildman–Crippen LogP) is 3.84. The van der Waals surface area contributed by atoms with Crippen LogP contribution in [0.25, 0.3) is 0 Å². The summed E-state index contributed by atoms with van der Waals surface area (Å²) in [5.74, 6) is 0.597. The number of nitrogens with one attached hydrogen (secondary N) is 1. The molecule has 0 aliphatic carbocycles. The topological polar surface area (TPSA) is 75.5 Å². The van der Waals surface area contributed by atoms with Gasteiger partial charge in [0.25, 0.3) is 0 Å². The second-order valence-electron chi connectivity index (χ2n) is 8.08. The van der Waals surface area contributed by atoms with Gasteiger partial charge in [-0.2, -0.15) is 5.10 Å². The minimum Gasteiger partial charge on any atom is -0.471 e. The fraction of sp³-hybridized carbons (Fsp3) is 0.450. The monoisotopic (exact) mass is 416 g/mol. The van der Waals surface area contributed by atoms with Crippen molar-refractivity contribution < 1.29 is 9.53 Å². The highest BCUT2D eigenvalue weighted by molar-refractivity contribution is 6.29. The van der Waals surface area contributed by atoms with Gasteiger partial charge in [0, 0.05) is 11.9 Å². The molecule has 2 aromatic heterocycles. The van der Waals surface area contributed by atoms with E-state index in [1.807, 2.05) is 31.6 Å². The summed E-state index contributed by atoms with van der Waals surface area (Å²) in [6.07, 6.45) is 3.39. The summed E-state index contributed by atoms with van der Waals surface area (Å²) in [7, 11) is 0. The lowest BCUT2D eigenvalue weighted by Crippen LogP contribution is -2.47. The fourth-order valence-corrected chi connectivity index (χ4v) is 4.02. The Labute approximate surface area is 175 Å². The van der Waals surface area contributed by atoms with E-state index in [-0.39, 0.29) is 23.7 Å². The van der Waals surface area contributed by atoms with Crippen molar-refractivity contribution in [3.63, 3.8) is 0 Å². The molecule has 0 unspecified atom stereocenters. The highest BCUT2D eigenvalue weighted by atomic mass is 35.5. The maximum absolute atomic E-state index is 13.0. The Hall–Kier alpha value is -2.74. The third-order valence-electron chi connectivity index (χ3n) is 5.76. The van der Waals surface area contributed by atoms with Gasteiger partial charge in [-0.15, -0.1) is 0 Å². The fourth-order valence-electron chi connectivity index (χ4n) is 3.84. The molecule has 4 rings (SSSR count). The average Bonchev–Trinajstić information content (AvgIpc) is 3.11. The van der Waals surface area contributed by atoms with Crippen LogP contribution in [0.15, 0.2) is 37.0 Å². The molecule has 0 bridgehead atoms. The Balaban J connectivity index is 1.59. The van der Waals surface area contributed by atoms with Crippen LogP contribution in [0.5, 0.6) is 0 Å². The van der Waals surface area contributed by atoms with Crippen LogP contribution in [0.2, 0.25) is 5.15 Å². The van der Waals surface area contributed by atoms with Crippen LogP contribution in [0.3, 0.4) is 0 Å². The van der Waals surface area contributed by atoms with Crippen LogP contribution in [0.4, 0.5) is 16.2 Å². The van der Waals surface area contributed by atoms with Gasteiger partial charge in [0.2, 0.25) is 0 Å². The minimum absolute atomic E-state index is 0.0144. The summed E-state index contributed by atoms with van der Waals surface area (Å²) < 4.78 is 7.91. The average molecular weight is 417 g/mol. The Morgan fingerprint density at radius 3 is 2.83 bits per heavy atom. The molecule has 8 nitrogen and oxygen atoms in total. The summed E-state index contributed by atoms with van der Waals surface area (Å²) in [5.41, 5.74) is 2.13. The number of anilines is 2. The molecule has 1 fully saturated rings. The van der Waals surface area contributed by atoms with Gasteiger partial charge >= 0.3 is 6.03 Å². The van der Waals surface area contributed by atoms with Crippen molar-refractivity contribution in [1.29, 1.82) is 0 Å². The van der Waals surface area contributed by atoms with Gasteiger partial charge in [0.1, 0.15) is 10.8 Å². The van der Waals surface area contributed by atoms with Crippen LogP contribution >= 0.6 is 11.6 Å². The zero-order valence-electron chi connectivity index (χ0n) is 17.0. The number of nitrogens with zero attached hydrogens (tertiary/aromatic N) is 5. The van der Waals surface area contributed by atoms with Gasteiger partial charge in [-0.25, -0.2) is 9.78 Å². The summed E-state index contributed by atoms with van der Waals surface area (Å²) in [5, 5.41) is 7.79. The molecule has 2 atom stereocenters. The molecule has 1 saturated heterocycles. The summed E-state index contributed by atoms with van der Waals surface area (Å²) >= 11 is 5.93. The molecule has 0 saturated carbocycles. The van der Waals surface area contributed by atoms with Gasteiger partial charge in [-0.05, 0) is 46.4 Å². The van der Waals surface area contributed by atoms with E-state index in [0.717, 1.165) is 11.4 Å². The first-order chi connectivity index (χ1) is 13.7. The number of ether oxygens (including phenoxy) is 1. The Morgan fingerprint density at radius 1 is 1.41 bits per heavy atom. The van der Waals surface area contributed by atoms with Crippen molar-refractivity contribution in [3.8, 4) is 0 Å². The Morgan fingerprint density at radius 2 is 2.17 bits per heavy atom. The van der Waals surface area contributed by atoms with Crippen molar-refractivity contribution in [2.75, 3.05) is 10.2 Å². The van der Waals surface area contributed by atoms with Gasteiger partial charge in [-0.1, -0.05) is 11.6 Å². The van der Waals surface area contributed by atoms with Crippen molar-refractivity contribution >= 4 is 29.0 Å². The highest BCUT2D eigenvalue weighted by Crippen LogP contribution is 2.40. The SMILES string of the molecule is C=C1OC(C)(C)[C@H](C)N1c1cnn2c1CN(C(=O)Nc1ccnc(Cl)c1)[C@@H](C)C2. The van der Waals surface area contributed by atoms with E-state index < -0.39 is 0 Å². The van der Waals surface area contributed by atoms with Crippen molar-refractivity contribution in [3.05, 3.63) is 47.8 Å². The van der Waals surface area contributed by atoms with Crippen molar-refractivity contribution in [2.45, 2.75) is 58.5 Å². The Bertz CT molecular complexity index is 972. The lowest BCUT2D eigenvalue weighted by Gasteiger charge is -2.35. The molecule has 29 heavy (non-hydrogen) atoms. The number of halogens is 1. The lowest BCUT2D eigenvalue weighted by molar-refractivity contribution is 0.0683. The van der Waals surface area contributed by atoms with Crippen LogP contribution in [-0.2, 0) is 17.8 Å². The summed E-state index contributed by atoms with van der Waals surface area (Å²) in [4.78, 5) is 20.8. The molecule has 2 aliphatic heterocycles. The number of hydrogen-bond donors (Lipinski definition) is 1. The second-order valence-corrected chi connectivity index (χ2v) is 8.47. The van der Waals surface area contributed by atoms with Crippen molar-refractivity contribution in [2.24, 2.45) is 0 Å². The molecule has 2 amide bonds. The molecule has 0 spiro atoms. The maximum atomic E-state index is 13.0. The number of carbonyl (C=O) groups is 1. The number of urea groups is 1. The van der Waals surface area contributed by atoms with Gasteiger partial charge in [0.15, 0.2) is 5.88 Å². The number of hydrogen-bond acceptors (Lipinski definition) is 5. The molecule has 1 N–H and O–H groups in total. The number of fused-ring (bicyclic) bond motifs is 1. The molecular formula is C20H25ClN6O2. The number of amides is 2. The zero-order chi connectivity index (χ0) is 20.9. The largest absolute Gasteiger partial charge is 0.471 e. The number of aromatic nitrogens is 3. The van der Waals surface area contributed by atoms with Gasteiger partial charge in [-0.3, -0.25) is 4.68 Å². The van der Waals surface area contributed by atoms with Crippen LogP contribution in [-0.4, -0.2) is 43.4 Å². The highest BCUT2D eigenvalue weighted by Gasteiger charge is 2.44.